The number of sulfonamides is 1. The van der Waals surface area contributed by atoms with Crippen LogP contribution in [0.1, 0.15) is 0 Å². The second kappa shape index (κ2) is 5.36. The van der Waals surface area contributed by atoms with Crippen LogP contribution in [0.4, 0.5) is 11.6 Å². The Labute approximate surface area is 137 Å². The average Bonchev–Trinajstić information content (AvgIpc) is 2.77. The Morgan fingerprint density at radius 1 is 1.35 bits per heavy atom. The molecule has 8 nitrogen and oxygen atoms in total. The van der Waals surface area contributed by atoms with E-state index in [1.807, 2.05) is 0 Å². The number of fused-ring (bicyclic) bond motifs is 1. The summed E-state index contributed by atoms with van der Waals surface area (Å²) in [6.45, 7) is 0. The van der Waals surface area contributed by atoms with E-state index < -0.39 is 10.0 Å². The fraction of sp³-hybridized carbons (Fsp3) is 0.154. The van der Waals surface area contributed by atoms with Crippen LogP contribution in [0.15, 0.2) is 24.4 Å². The van der Waals surface area contributed by atoms with Gasteiger partial charge in [-0.25, -0.2) is 18.1 Å². The monoisotopic (exact) mass is 352 g/mol. The smallest absolute Gasteiger partial charge is 0.229 e. The van der Waals surface area contributed by atoms with Crippen molar-refractivity contribution in [1.82, 2.24) is 19.7 Å². The highest BCUT2D eigenvalue weighted by atomic mass is 35.5. The molecule has 3 aromatic rings. The number of nitrogen functional groups attached to an aromatic ring is 1. The van der Waals surface area contributed by atoms with Gasteiger partial charge in [0.25, 0.3) is 0 Å². The molecule has 0 radical (unpaired) electrons. The van der Waals surface area contributed by atoms with Crippen LogP contribution in [0, 0.1) is 0 Å². The number of hydrogen-bond donors (Lipinski definition) is 2. The summed E-state index contributed by atoms with van der Waals surface area (Å²) in [7, 11) is -1.72. The molecule has 0 amide bonds. The minimum atomic E-state index is -3.44. The number of aromatic nitrogens is 4. The molecule has 1 aromatic carbocycles. The Hall–Kier alpha value is -2.39. The molecule has 120 valence electrons. The van der Waals surface area contributed by atoms with E-state index >= 15 is 0 Å². The van der Waals surface area contributed by atoms with E-state index in [9.17, 15) is 8.42 Å². The first-order valence-electron chi connectivity index (χ1n) is 6.48. The van der Waals surface area contributed by atoms with Crippen molar-refractivity contribution in [2.45, 2.75) is 0 Å². The molecular weight excluding hydrogens is 340 g/mol. The first-order valence-corrected chi connectivity index (χ1v) is 8.75. The second-order valence-electron chi connectivity index (χ2n) is 4.98. The lowest BCUT2D eigenvalue weighted by molar-refractivity contribution is 0.607. The van der Waals surface area contributed by atoms with E-state index in [-0.39, 0.29) is 16.7 Å². The van der Waals surface area contributed by atoms with E-state index in [1.165, 1.54) is 0 Å². The van der Waals surface area contributed by atoms with Crippen molar-refractivity contribution in [3.63, 3.8) is 0 Å². The summed E-state index contributed by atoms with van der Waals surface area (Å²) in [5.74, 6) is 0.144. The lowest BCUT2D eigenvalue weighted by Crippen LogP contribution is -2.10. The van der Waals surface area contributed by atoms with Crippen molar-refractivity contribution in [2.75, 3.05) is 16.7 Å². The molecule has 0 fully saturated rings. The number of benzene rings is 1. The van der Waals surface area contributed by atoms with Gasteiger partial charge in [0.15, 0.2) is 5.65 Å². The Balaban J connectivity index is 2.22. The van der Waals surface area contributed by atoms with Crippen LogP contribution in [0.25, 0.3) is 22.3 Å². The maximum absolute atomic E-state index is 11.4. The zero-order valence-electron chi connectivity index (χ0n) is 12.3. The third kappa shape index (κ3) is 2.92. The van der Waals surface area contributed by atoms with Gasteiger partial charge in [-0.3, -0.25) is 4.72 Å². The van der Waals surface area contributed by atoms with Crippen molar-refractivity contribution < 1.29 is 8.42 Å². The van der Waals surface area contributed by atoms with Crippen molar-refractivity contribution in [3.05, 3.63) is 29.4 Å². The molecule has 0 aliphatic heterocycles. The van der Waals surface area contributed by atoms with Crippen LogP contribution in [-0.2, 0) is 17.1 Å². The number of aryl methyl sites for hydroxylation is 1. The summed E-state index contributed by atoms with van der Waals surface area (Å²) in [4.78, 5) is 8.12. The molecule has 3 rings (SSSR count). The number of nitrogens with one attached hydrogen (secondary N) is 1. The summed E-state index contributed by atoms with van der Waals surface area (Å²) < 4.78 is 26.8. The third-order valence-corrected chi connectivity index (χ3v) is 4.15. The number of anilines is 2. The zero-order chi connectivity index (χ0) is 16.8. The first kappa shape index (κ1) is 15.5. The largest absolute Gasteiger partial charge is 0.368 e. The summed E-state index contributed by atoms with van der Waals surface area (Å²) in [6, 6.07) is 5.01. The maximum Gasteiger partial charge on any atom is 0.229 e. The molecule has 23 heavy (non-hydrogen) atoms. The molecule has 0 aliphatic rings. The van der Waals surface area contributed by atoms with Crippen LogP contribution in [0.2, 0.25) is 5.02 Å². The van der Waals surface area contributed by atoms with Crippen LogP contribution >= 0.6 is 11.6 Å². The minimum absolute atomic E-state index is 0.144. The van der Waals surface area contributed by atoms with Crippen LogP contribution in [-0.4, -0.2) is 34.4 Å². The molecule has 10 heteroatoms. The molecule has 2 aromatic heterocycles. The second-order valence-corrected chi connectivity index (χ2v) is 7.11. The minimum Gasteiger partial charge on any atom is -0.368 e. The van der Waals surface area contributed by atoms with Gasteiger partial charge in [-0.15, -0.1) is 0 Å². The first-order chi connectivity index (χ1) is 10.8. The number of rotatable bonds is 3. The fourth-order valence-electron chi connectivity index (χ4n) is 2.24. The molecular formula is C13H13ClN6O2S. The van der Waals surface area contributed by atoms with Gasteiger partial charge in [0, 0.05) is 18.8 Å². The molecule has 2 heterocycles. The Bertz CT molecular complexity index is 1010. The van der Waals surface area contributed by atoms with Crippen LogP contribution in [0.5, 0.6) is 0 Å². The molecule has 0 bridgehead atoms. The lowest BCUT2D eigenvalue weighted by Gasteiger charge is -2.09. The standard InChI is InChI=1S/C13H13ClN6O2S/c1-20-12-8(6-16-13(15)17-12)11(18-20)7-4-3-5-9(10(7)14)19-23(2,21)22/h3-6,19H,1-2H3,(H2,15,16,17). The number of halogens is 1. The molecule has 0 saturated heterocycles. The van der Waals surface area contributed by atoms with Crippen molar-refractivity contribution in [2.24, 2.45) is 7.05 Å². The quantitative estimate of drug-likeness (QED) is 0.740. The predicted octanol–water partition coefficient (Wildman–Crippen LogP) is 1.64. The highest BCUT2D eigenvalue weighted by Gasteiger charge is 2.18. The normalized spacial score (nSPS) is 11.8. The van der Waals surface area contributed by atoms with Gasteiger partial charge in [0.05, 0.1) is 22.4 Å². The Morgan fingerprint density at radius 2 is 2.09 bits per heavy atom. The fourth-order valence-corrected chi connectivity index (χ4v) is 3.13. The molecule has 0 atom stereocenters. The molecule has 0 spiro atoms. The topological polar surface area (TPSA) is 116 Å². The molecule has 0 saturated carbocycles. The van der Waals surface area contributed by atoms with Crippen molar-refractivity contribution in [1.29, 1.82) is 0 Å². The third-order valence-electron chi connectivity index (χ3n) is 3.15. The van der Waals surface area contributed by atoms with Gasteiger partial charge in [0.2, 0.25) is 16.0 Å². The Kier molecular flexibility index (Phi) is 3.61. The molecule has 0 unspecified atom stereocenters. The summed E-state index contributed by atoms with van der Waals surface area (Å²) in [6.07, 6.45) is 2.62. The highest BCUT2D eigenvalue weighted by molar-refractivity contribution is 7.92. The summed E-state index contributed by atoms with van der Waals surface area (Å²) in [5, 5.41) is 5.31. The highest BCUT2D eigenvalue weighted by Crippen LogP contribution is 2.36. The van der Waals surface area contributed by atoms with E-state index in [1.54, 1.807) is 36.1 Å². The lowest BCUT2D eigenvalue weighted by atomic mass is 10.1. The summed E-state index contributed by atoms with van der Waals surface area (Å²) >= 11 is 6.35. The van der Waals surface area contributed by atoms with Crippen LogP contribution < -0.4 is 10.5 Å². The van der Waals surface area contributed by atoms with Gasteiger partial charge in [-0.1, -0.05) is 23.7 Å². The zero-order valence-corrected chi connectivity index (χ0v) is 13.9. The van der Waals surface area contributed by atoms with Crippen LogP contribution in [0.3, 0.4) is 0 Å². The van der Waals surface area contributed by atoms with Gasteiger partial charge in [0.1, 0.15) is 5.69 Å². The summed E-state index contributed by atoms with van der Waals surface area (Å²) in [5.41, 5.74) is 7.55. The number of nitrogens with two attached hydrogens (primary N) is 1. The van der Waals surface area contributed by atoms with Gasteiger partial charge < -0.3 is 5.73 Å². The van der Waals surface area contributed by atoms with E-state index in [4.69, 9.17) is 17.3 Å². The SMILES string of the molecule is Cn1nc(-c2cccc(NS(C)(=O)=O)c2Cl)c2cnc(N)nc21. The molecule has 3 N–H and O–H groups in total. The Morgan fingerprint density at radius 3 is 2.78 bits per heavy atom. The van der Waals surface area contributed by atoms with Gasteiger partial charge in [-0.2, -0.15) is 10.1 Å². The maximum atomic E-state index is 11.4. The van der Waals surface area contributed by atoms with Gasteiger partial charge in [-0.05, 0) is 6.07 Å². The number of hydrogen-bond acceptors (Lipinski definition) is 6. The van der Waals surface area contributed by atoms with Crippen molar-refractivity contribution in [3.8, 4) is 11.3 Å². The predicted molar refractivity (Wildman–Crippen MR) is 89.6 cm³/mol. The van der Waals surface area contributed by atoms with Crippen molar-refractivity contribution >= 4 is 44.3 Å². The van der Waals surface area contributed by atoms with Gasteiger partial charge >= 0.3 is 0 Å². The number of nitrogens with zero attached hydrogens (tertiary/aromatic N) is 4. The van der Waals surface area contributed by atoms with E-state index in [0.717, 1.165) is 6.26 Å². The van der Waals surface area contributed by atoms with E-state index in [0.29, 0.717) is 22.3 Å². The average molecular weight is 353 g/mol. The molecule has 0 aliphatic carbocycles. The van der Waals surface area contributed by atoms with E-state index in [2.05, 4.69) is 19.8 Å².